The molecule has 0 spiro atoms. The van der Waals surface area contributed by atoms with Crippen LogP contribution in [0.1, 0.15) is 80.7 Å². The van der Waals surface area contributed by atoms with Crippen molar-refractivity contribution in [2.75, 3.05) is 7.11 Å². The molecule has 49 heavy (non-hydrogen) atoms. The highest BCUT2D eigenvalue weighted by Gasteiger charge is 2.32. The fraction of sp³-hybridized carbons (Fsp3) is 0.647. The van der Waals surface area contributed by atoms with E-state index in [4.69, 9.17) is 9.47 Å². The summed E-state index contributed by atoms with van der Waals surface area (Å²) in [5, 5.41) is 33.8. The molecule has 0 saturated carbocycles. The van der Waals surface area contributed by atoms with Gasteiger partial charge in [0, 0.05) is 6.42 Å². The van der Waals surface area contributed by atoms with E-state index in [1.165, 1.54) is 33.1 Å². The van der Waals surface area contributed by atoms with Crippen LogP contribution in [0.15, 0.2) is 24.3 Å². The topological polar surface area (TPSA) is 221 Å². The first-order valence-electron chi connectivity index (χ1n) is 16.4. The number of carbonyl (C=O) groups is 6. The van der Waals surface area contributed by atoms with Gasteiger partial charge in [0.2, 0.25) is 23.6 Å². The summed E-state index contributed by atoms with van der Waals surface area (Å²) >= 11 is 0. The van der Waals surface area contributed by atoms with E-state index in [9.17, 15) is 39.0 Å². The normalized spacial score (nSPS) is 15.1. The molecule has 0 radical (unpaired) electrons. The van der Waals surface area contributed by atoms with E-state index in [-0.39, 0.29) is 36.8 Å². The Morgan fingerprint density at radius 3 is 1.78 bits per heavy atom. The van der Waals surface area contributed by atoms with Gasteiger partial charge >= 0.3 is 12.1 Å². The fourth-order valence-electron chi connectivity index (χ4n) is 4.56. The Morgan fingerprint density at radius 1 is 0.735 bits per heavy atom. The Morgan fingerprint density at radius 2 is 1.27 bits per heavy atom. The van der Waals surface area contributed by atoms with E-state index in [0.29, 0.717) is 5.56 Å². The van der Waals surface area contributed by atoms with E-state index in [2.05, 4.69) is 26.6 Å². The number of benzene rings is 1. The van der Waals surface area contributed by atoms with Crippen LogP contribution in [0.2, 0.25) is 0 Å². The highest BCUT2D eigenvalue weighted by atomic mass is 16.6. The maximum absolute atomic E-state index is 13.2. The minimum absolute atomic E-state index is 0.0297. The number of phenols is 1. The molecule has 276 valence electrons. The maximum atomic E-state index is 13.2. The molecular formula is C34H55N5O10. The van der Waals surface area contributed by atoms with Crippen molar-refractivity contribution in [1.29, 1.82) is 0 Å². The number of hydrogen-bond acceptors (Lipinski definition) is 10. The van der Waals surface area contributed by atoms with Crippen molar-refractivity contribution in [2.24, 2.45) is 11.8 Å². The molecular weight excluding hydrogens is 638 g/mol. The van der Waals surface area contributed by atoms with Crippen LogP contribution in [-0.4, -0.2) is 94.9 Å². The fourth-order valence-corrected chi connectivity index (χ4v) is 4.56. The number of methoxy groups -OCH3 is 1. The zero-order chi connectivity index (χ0) is 37.6. The number of aliphatic hydroxyl groups is 1. The number of nitrogens with one attached hydrogen (secondary N) is 5. The summed E-state index contributed by atoms with van der Waals surface area (Å²) in [5.74, 6) is -3.54. The molecule has 15 heteroatoms. The van der Waals surface area contributed by atoms with E-state index in [1.54, 1.807) is 60.6 Å². The average Bonchev–Trinajstić information content (AvgIpc) is 2.99. The number of phenolic OH excluding ortho intramolecular Hbond substituents is 1. The summed E-state index contributed by atoms with van der Waals surface area (Å²) in [5.41, 5.74) is -0.102. The molecule has 0 fully saturated rings. The van der Waals surface area contributed by atoms with E-state index in [0.717, 1.165) is 0 Å². The van der Waals surface area contributed by atoms with Gasteiger partial charge in [0.1, 0.15) is 35.5 Å². The Hall–Kier alpha value is -4.40. The molecule has 1 aromatic rings. The van der Waals surface area contributed by atoms with E-state index in [1.807, 2.05) is 0 Å². The number of amides is 5. The molecule has 0 bridgehead atoms. The Kier molecular flexibility index (Phi) is 17.0. The lowest BCUT2D eigenvalue weighted by Gasteiger charge is -2.28. The van der Waals surface area contributed by atoms with Gasteiger partial charge in [-0.2, -0.15) is 0 Å². The van der Waals surface area contributed by atoms with Gasteiger partial charge in [0.15, 0.2) is 0 Å². The van der Waals surface area contributed by atoms with Crippen LogP contribution >= 0.6 is 0 Å². The van der Waals surface area contributed by atoms with Crippen LogP contribution in [0.3, 0.4) is 0 Å². The molecule has 1 aromatic carbocycles. The van der Waals surface area contributed by atoms with Gasteiger partial charge in [0.05, 0.1) is 19.3 Å². The van der Waals surface area contributed by atoms with Crippen LogP contribution in [0.25, 0.3) is 0 Å². The predicted molar refractivity (Wildman–Crippen MR) is 181 cm³/mol. The monoisotopic (exact) mass is 693 g/mol. The van der Waals surface area contributed by atoms with Gasteiger partial charge in [-0.1, -0.05) is 39.8 Å². The second kappa shape index (κ2) is 19.6. The predicted octanol–water partition coefficient (Wildman–Crippen LogP) is 1.43. The summed E-state index contributed by atoms with van der Waals surface area (Å²) in [6.07, 6.45) is -2.22. The molecule has 0 aliphatic heterocycles. The summed E-state index contributed by atoms with van der Waals surface area (Å²) in [7, 11) is 1.22. The van der Waals surface area contributed by atoms with Crippen molar-refractivity contribution in [2.45, 2.75) is 123 Å². The van der Waals surface area contributed by atoms with Crippen LogP contribution in [0.4, 0.5) is 4.79 Å². The quantitative estimate of drug-likeness (QED) is 0.116. The largest absolute Gasteiger partial charge is 0.508 e. The molecule has 0 saturated heterocycles. The minimum Gasteiger partial charge on any atom is -0.508 e. The lowest BCUT2D eigenvalue weighted by atomic mass is 9.97. The molecule has 6 atom stereocenters. The number of aromatic hydroxyl groups is 1. The van der Waals surface area contributed by atoms with Crippen molar-refractivity contribution < 1.29 is 48.5 Å². The van der Waals surface area contributed by atoms with Gasteiger partial charge in [-0.05, 0) is 77.0 Å². The van der Waals surface area contributed by atoms with E-state index >= 15 is 0 Å². The van der Waals surface area contributed by atoms with Crippen molar-refractivity contribution in [3.8, 4) is 5.75 Å². The lowest BCUT2D eigenvalue weighted by molar-refractivity contribution is -0.146. The third-order valence-electron chi connectivity index (χ3n) is 7.41. The number of rotatable bonds is 17. The molecule has 5 amide bonds. The smallest absolute Gasteiger partial charge is 0.408 e. The van der Waals surface area contributed by atoms with Crippen molar-refractivity contribution in [3.05, 3.63) is 29.8 Å². The highest BCUT2D eigenvalue weighted by Crippen LogP contribution is 2.15. The number of hydrogen-bond donors (Lipinski definition) is 7. The maximum Gasteiger partial charge on any atom is 0.408 e. The first-order chi connectivity index (χ1) is 22.6. The highest BCUT2D eigenvalue weighted by molar-refractivity contribution is 5.92. The van der Waals surface area contributed by atoms with Gasteiger partial charge in [0.25, 0.3) is 0 Å². The SMILES string of the molecule is COC(=O)[C@@H](NC(=O)[C@@H](NC(=O)CC[C@H](O)[C@H](Cc1ccc(O)cc1)NC(=O)[C@H](C)NC(=O)[C@H](C)NC(=O)OC(C)(C)C)C(C)C)C(C)C. The Labute approximate surface area is 288 Å². The molecule has 0 aliphatic carbocycles. The minimum atomic E-state index is -1.24. The molecule has 0 aliphatic rings. The van der Waals surface area contributed by atoms with Crippen LogP contribution in [-0.2, 0) is 39.9 Å². The number of esters is 1. The van der Waals surface area contributed by atoms with Gasteiger partial charge in [-0.3, -0.25) is 19.2 Å². The first-order valence-corrected chi connectivity index (χ1v) is 16.4. The van der Waals surface area contributed by atoms with Crippen LogP contribution in [0, 0.1) is 11.8 Å². The van der Waals surface area contributed by atoms with Crippen molar-refractivity contribution in [1.82, 2.24) is 26.6 Å². The average molecular weight is 694 g/mol. The lowest BCUT2D eigenvalue weighted by Crippen LogP contribution is -2.55. The molecule has 0 aromatic heterocycles. The van der Waals surface area contributed by atoms with Gasteiger partial charge in [-0.25, -0.2) is 9.59 Å². The number of aliphatic hydroxyl groups excluding tert-OH is 1. The molecule has 7 N–H and O–H groups in total. The van der Waals surface area contributed by atoms with Crippen LogP contribution in [0.5, 0.6) is 5.75 Å². The third-order valence-corrected chi connectivity index (χ3v) is 7.41. The second-order valence-corrected chi connectivity index (χ2v) is 13.7. The van der Waals surface area contributed by atoms with Crippen molar-refractivity contribution in [3.63, 3.8) is 0 Å². The van der Waals surface area contributed by atoms with Crippen molar-refractivity contribution >= 4 is 35.7 Å². The number of carbonyl (C=O) groups excluding carboxylic acids is 6. The van der Waals surface area contributed by atoms with Gasteiger partial charge in [-0.15, -0.1) is 0 Å². The number of ether oxygens (including phenoxy) is 2. The summed E-state index contributed by atoms with van der Waals surface area (Å²) in [4.78, 5) is 76.0. The summed E-state index contributed by atoms with van der Waals surface area (Å²) in [6.45, 7) is 14.9. The molecule has 1 rings (SSSR count). The molecule has 0 heterocycles. The zero-order valence-corrected chi connectivity index (χ0v) is 30.2. The second-order valence-electron chi connectivity index (χ2n) is 13.7. The summed E-state index contributed by atoms with van der Waals surface area (Å²) < 4.78 is 9.94. The van der Waals surface area contributed by atoms with E-state index < -0.39 is 77.6 Å². The van der Waals surface area contributed by atoms with Gasteiger partial charge < -0.3 is 46.3 Å². The number of alkyl carbamates (subject to hydrolysis) is 1. The molecule has 0 unspecified atom stereocenters. The third kappa shape index (κ3) is 15.6. The Bertz CT molecular complexity index is 1280. The summed E-state index contributed by atoms with van der Waals surface area (Å²) in [6, 6.07) is 1.26. The van der Waals surface area contributed by atoms with Crippen LogP contribution < -0.4 is 26.6 Å². The first kappa shape index (κ1) is 42.6. The Balaban J connectivity index is 2.96. The molecule has 15 nitrogen and oxygen atoms in total. The zero-order valence-electron chi connectivity index (χ0n) is 30.2. The standard InChI is InChI=1S/C34H55N5O10/c1-18(2)27(31(45)39-28(19(3)4)32(46)48-10)38-26(42)16-15-25(41)24(17-22-11-13-23(40)14-12-22)37-30(44)20(5)35-29(43)21(6)36-33(47)49-34(7,8)9/h11-14,18-21,24-25,27-28,40-41H,15-17H2,1-10H3,(H,35,43)(H,36,47)(H,37,44)(H,38,42)(H,39,45)/t20-,21-,24-,25-,27-,28-/m0/s1.